The van der Waals surface area contributed by atoms with E-state index in [1.54, 1.807) is 13.4 Å². The third-order valence-corrected chi connectivity index (χ3v) is 5.84. The molecule has 2 fully saturated rings. The van der Waals surface area contributed by atoms with E-state index in [1.807, 2.05) is 10.8 Å². The van der Waals surface area contributed by atoms with Crippen LogP contribution in [-0.2, 0) is 0 Å². The first kappa shape index (κ1) is 15.1. The predicted octanol–water partition coefficient (Wildman–Crippen LogP) is -0.135. The van der Waals surface area contributed by atoms with Crippen molar-refractivity contribution in [2.75, 3.05) is 25.2 Å². The van der Waals surface area contributed by atoms with Crippen LogP contribution < -0.4 is 5.32 Å². The van der Waals surface area contributed by atoms with Crippen molar-refractivity contribution in [3.8, 4) is 0 Å². The molecule has 9 heteroatoms. The quantitative estimate of drug-likeness (QED) is 0.450. The molecule has 23 heavy (non-hydrogen) atoms. The Morgan fingerprint density at radius 3 is 2.83 bits per heavy atom. The molecule has 4 N–H and O–H groups in total. The Labute approximate surface area is 137 Å². The summed E-state index contributed by atoms with van der Waals surface area (Å²) in [4.78, 5) is 13.3. The number of rotatable bonds is 4. The number of fused-ring (bicyclic) bond motifs is 2. The van der Waals surface area contributed by atoms with Crippen molar-refractivity contribution in [1.82, 2.24) is 19.5 Å². The molecule has 5 atom stereocenters. The number of anilines is 1. The molecule has 0 aromatic carbocycles. The first-order valence-electron chi connectivity index (χ1n) is 7.50. The molecule has 2 aliphatic carbocycles. The number of nitrogens with zero attached hydrogens (tertiary/aromatic N) is 4. The van der Waals surface area contributed by atoms with Gasteiger partial charge in [-0.25, -0.2) is 15.0 Å². The van der Waals surface area contributed by atoms with Crippen LogP contribution in [0.25, 0.3) is 11.2 Å². The normalized spacial score (nSPS) is 35.5. The van der Waals surface area contributed by atoms with Crippen molar-refractivity contribution < 1.29 is 15.3 Å². The monoisotopic (exact) mass is 337 g/mol. The van der Waals surface area contributed by atoms with Gasteiger partial charge in [0.2, 0.25) is 0 Å². The minimum atomic E-state index is -0.941. The summed E-state index contributed by atoms with van der Waals surface area (Å²) in [7, 11) is 1.77. The van der Waals surface area contributed by atoms with Crippen molar-refractivity contribution >= 4 is 28.7 Å². The third-order valence-electron chi connectivity index (χ3n) is 5.29. The zero-order valence-corrected chi connectivity index (χ0v) is 13.7. The lowest BCUT2D eigenvalue weighted by Crippen LogP contribution is -2.35. The van der Waals surface area contributed by atoms with Crippen LogP contribution in [0.5, 0.6) is 0 Å². The number of nitrogens with one attached hydrogen (secondary N) is 1. The van der Waals surface area contributed by atoms with E-state index in [4.69, 9.17) is 0 Å². The van der Waals surface area contributed by atoms with Gasteiger partial charge in [-0.2, -0.15) is 0 Å². The maximum absolute atomic E-state index is 10.5. The van der Waals surface area contributed by atoms with Crippen molar-refractivity contribution in [3.05, 3.63) is 6.33 Å². The van der Waals surface area contributed by atoms with E-state index in [1.165, 1.54) is 11.8 Å². The second-order valence-corrected chi connectivity index (χ2v) is 7.03. The number of hydrogen-bond acceptors (Lipinski definition) is 8. The van der Waals surface area contributed by atoms with Crippen molar-refractivity contribution in [3.63, 3.8) is 0 Å². The molecule has 0 aliphatic heterocycles. The van der Waals surface area contributed by atoms with Gasteiger partial charge < -0.3 is 25.2 Å². The summed E-state index contributed by atoms with van der Waals surface area (Å²) in [6.45, 7) is -0.119. The molecule has 0 radical (unpaired) electrons. The highest BCUT2D eigenvalue weighted by molar-refractivity contribution is 7.98. The van der Waals surface area contributed by atoms with Gasteiger partial charge in [-0.15, -0.1) is 0 Å². The van der Waals surface area contributed by atoms with Gasteiger partial charge in [0.05, 0.1) is 25.1 Å². The minimum absolute atomic E-state index is 0.0284. The Kier molecular flexibility index (Phi) is 3.31. The smallest absolute Gasteiger partial charge is 0.191 e. The fraction of sp³-hybridized carbons (Fsp3) is 0.643. The number of thioether (sulfide) groups is 1. The zero-order chi connectivity index (χ0) is 16.4. The summed E-state index contributed by atoms with van der Waals surface area (Å²) in [5.41, 5.74) is 0.682. The zero-order valence-electron chi connectivity index (χ0n) is 12.8. The molecule has 8 nitrogen and oxygen atoms in total. The van der Waals surface area contributed by atoms with Crippen LogP contribution in [0.2, 0.25) is 0 Å². The summed E-state index contributed by atoms with van der Waals surface area (Å²) in [6, 6.07) is -0.337. The molecule has 0 bridgehead atoms. The van der Waals surface area contributed by atoms with E-state index in [-0.39, 0.29) is 18.6 Å². The van der Waals surface area contributed by atoms with Gasteiger partial charge in [0.1, 0.15) is 6.10 Å². The fourth-order valence-corrected chi connectivity index (χ4v) is 4.29. The molecular weight excluding hydrogens is 318 g/mol. The SMILES string of the molecule is CNc1nc(SC)nc2c1ncn2[C@H]1C(O)C(O)[C@]2(CO)C[C@H]12. The van der Waals surface area contributed by atoms with E-state index < -0.39 is 17.6 Å². The van der Waals surface area contributed by atoms with Crippen molar-refractivity contribution in [2.24, 2.45) is 11.3 Å². The van der Waals surface area contributed by atoms with Crippen molar-refractivity contribution in [1.29, 1.82) is 0 Å². The first-order valence-corrected chi connectivity index (χ1v) is 8.73. The van der Waals surface area contributed by atoms with Crippen molar-refractivity contribution in [2.45, 2.75) is 29.8 Å². The van der Waals surface area contributed by atoms with E-state index in [9.17, 15) is 15.3 Å². The summed E-state index contributed by atoms with van der Waals surface area (Å²) in [5, 5.41) is 34.0. The highest BCUT2D eigenvalue weighted by Gasteiger charge is 2.71. The Hall–Kier alpha value is -1.42. The van der Waals surface area contributed by atoms with Gasteiger partial charge in [0.15, 0.2) is 22.1 Å². The molecule has 2 aliphatic rings. The molecule has 2 unspecified atom stereocenters. The average Bonchev–Trinajstić information content (AvgIpc) is 3.10. The second-order valence-electron chi connectivity index (χ2n) is 6.26. The Morgan fingerprint density at radius 2 is 2.22 bits per heavy atom. The third kappa shape index (κ3) is 1.87. The average molecular weight is 337 g/mol. The number of aliphatic hydroxyl groups excluding tert-OH is 3. The van der Waals surface area contributed by atoms with Gasteiger partial charge in [0.25, 0.3) is 0 Å². The fourth-order valence-electron chi connectivity index (χ4n) is 3.93. The van der Waals surface area contributed by atoms with Crippen LogP contribution in [0.4, 0.5) is 5.82 Å². The van der Waals surface area contributed by atoms with Crippen LogP contribution in [0.3, 0.4) is 0 Å². The van der Waals surface area contributed by atoms with Gasteiger partial charge in [-0.3, -0.25) is 0 Å². The molecule has 124 valence electrons. The number of aromatic nitrogens is 4. The van der Waals surface area contributed by atoms with Gasteiger partial charge >= 0.3 is 0 Å². The molecule has 0 amide bonds. The molecule has 4 rings (SSSR count). The van der Waals surface area contributed by atoms with E-state index in [2.05, 4.69) is 20.3 Å². The Morgan fingerprint density at radius 1 is 1.43 bits per heavy atom. The number of imidazole rings is 1. The first-order chi connectivity index (χ1) is 11.1. The largest absolute Gasteiger partial charge is 0.396 e. The van der Waals surface area contributed by atoms with Gasteiger partial charge in [-0.05, 0) is 18.6 Å². The van der Waals surface area contributed by atoms with Crippen LogP contribution in [-0.4, -0.2) is 67.0 Å². The van der Waals surface area contributed by atoms with Crippen LogP contribution in [0.15, 0.2) is 11.5 Å². The topological polar surface area (TPSA) is 116 Å². The Bertz CT molecular complexity index is 768. The number of aliphatic hydroxyl groups is 3. The predicted molar refractivity (Wildman–Crippen MR) is 85.3 cm³/mol. The highest BCUT2D eigenvalue weighted by Crippen LogP contribution is 2.67. The molecule has 0 saturated heterocycles. The summed E-state index contributed by atoms with van der Waals surface area (Å²) in [6.07, 6.45) is 2.37. The lowest BCUT2D eigenvalue weighted by atomic mass is 10.0. The summed E-state index contributed by atoms with van der Waals surface area (Å²) in [5.74, 6) is 0.663. The highest BCUT2D eigenvalue weighted by atomic mass is 32.2. The summed E-state index contributed by atoms with van der Waals surface area (Å²) < 4.78 is 1.82. The van der Waals surface area contributed by atoms with E-state index >= 15 is 0 Å². The molecule has 2 saturated carbocycles. The summed E-state index contributed by atoms with van der Waals surface area (Å²) >= 11 is 1.43. The standard InChI is InChI=1S/C14H19N5O3S/c1-15-11-7-12(18-13(17-11)23-2)19(5-16-7)8-6-3-14(6,4-20)10(22)9(8)21/h5-6,8-10,20-22H,3-4H2,1-2H3,(H,15,17,18)/t6-,8-,9?,10?,14+/m1/s1. The minimum Gasteiger partial charge on any atom is -0.396 e. The maximum Gasteiger partial charge on any atom is 0.191 e. The van der Waals surface area contributed by atoms with E-state index in [0.717, 1.165) is 0 Å². The van der Waals surface area contributed by atoms with Crippen LogP contribution in [0.1, 0.15) is 12.5 Å². The van der Waals surface area contributed by atoms with Gasteiger partial charge in [0, 0.05) is 12.5 Å². The maximum atomic E-state index is 10.5. The van der Waals surface area contributed by atoms with E-state index in [0.29, 0.717) is 28.6 Å². The molecule has 0 spiro atoms. The molecule has 2 aromatic rings. The Balaban J connectivity index is 1.84. The lowest BCUT2D eigenvalue weighted by molar-refractivity contribution is -0.0300. The molecular formula is C14H19N5O3S. The lowest BCUT2D eigenvalue weighted by Gasteiger charge is -2.23. The number of hydrogen-bond donors (Lipinski definition) is 4. The van der Waals surface area contributed by atoms with Gasteiger partial charge in [-0.1, -0.05) is 11.8 Å². The van der Waals surface area contributed by atoms with Crippen LogP contribution >= 0.6 is 11.8 Å². The molecule has 2 heterocycles. The van der Waals surface area contributed by atoms with Crippen LogP contribution in [0, 0.1) is 11.3 Å². The molecule has 2 aromatic heterocycles. The second kappa shape index (κ2) is 5.04.